The molecule has 0 saturated carbocycles. The lowest BCUT2D eigenvalue weighted by atomic mass is 10.0. The van der Waals surface area contributed by atoms with Crippen LogP contribution in [-0.2, 0) is 0 Å². The van der Waals surface area contributed by atoms with Crippen LogP contribution in [0.25, 0.3) is 0 Å². The van der Waals surface area contributed by atoms with E-state index in [-0.39, 0.29) is 12.1 Å². The average molecular weight is 237 g/mol. The molecule has 0 radical (unpaired) electrons. The van der Waals surface area contributed by atoms with Crippen LogP contribution in [0, 0.1) is 0 Å². The van der Waals surface area contributed by atoms with Crippen LogP contribution < -0.4 is 5.73 Å². The van der Waals surface area contributed by atoms with E-state index in [0.29, 0.717) is 5.02 Å². The monoisotopic (exact) mass is 236 g/mol. The van der Waals surface area contributed by atoms with Gasteiger partial charge in [0.15, 0.2) is 0 Å². The number of pyridine rings is 1. The summed E-state index contributed by atoms with van der Waals surface area (Å²) in [6, 6.07) is 3.76. The smallest absolute Gasteiger partial charge is 0.0931 e. The highest BCUT2D eigenvalue weighted by atomic mass is 35.5. The van der Waals surface area contributed by atoms with Gasteiger partial charge in [0.1, 0.15) is 0 Å². The Labute approximate surface area is 99.1 Å². The normalized spacial score (nSPS) is 14.7. The summed E-state index contributed by atoms with van der Waals surface area (Å²) in [4.78, 5) is 4.09. The van der Waals surface area contributed by atoms with Crippen LogP contribution in [0.2, 0.25) is 5.02 Å². The van der Waals surface area contributed by atoms with Gasteiger partial charge in [0.05, 0.1) is 17.3 Å². The maximum absolute atomic E-state index is 5.98. The second kappa shape index (κ2) is 4.63. The molecule has 0 aliphatic carbocycles. The maximum Gasteiger partial charge on any atom is 0.0931 e. The summed E-state index contributed by atoms with van der Waals surface area (Å²) in [7, 11) is 0. The number of hydrogen-bond donors (Lipinski definition) is 1. The summed E-state index contributed by atoms with van der Waals surface area (Å²) in [6.07, 6.45) is 6.90. The molecule has 0 aromatic carbocycles. The predicted molar refractivity (Wildman–Crippen MR) is 63.3 cm³/mol. The number of nitrogens with zero attached hydrogens (tertiary/aromatic N) is 3. The third-order valence-electron chi connectivity index (χ3n) is 2.38. The molecule has 2 atom stereocenters. The molecule has 0 fully saturated rings. The molecule has 0 bridgehead atoms. The molecule has 2 aromatic heterocycles. The van der Waals surface area contributed by atoms with Gasteiger partial charge in [-0.25, -0.2) is 0 Å². The van der Waals surface area contributed by atoms with E-state index in [9.17, 15) is 0 Å². The standard InChI is InChI=1S/C11H13ClN4/c1-8(13)11(9-3-2-4-14-5-9)16-7-10(12)6-15-16/h2-8,11H,13H2,1H3. The Balaban J connectivity index is 2.39. The lowest BCUT2D eigenvalue weighted by molar-refractivity contribution is 0.453. The van der Waals surface area contributed by atoms with Crippen molar-refractivity contribution in [2.75, 3.05) is 0 Å². The van der Waals surface area contributed by atoms with Crippen molar-refractivity contribution >= 4 is 11.6 Å². The largest absolute Gasteiger partial charge is 0.326 e. The van der Waals surface area contributed by atoms with Crippen molar-refractivity contribution in [1.29, 1.82) is 0 Å². The highest BCUT2D eigenvalue weighted by molar-refractivity contribution is 6.30. The molecule has 5 heteroatoms. The Morgan fingerprint density at radius 3 is 2.75 bits per heavy atom. The van der Waals surface area contributed by atoms with Crippen LogP contribution in [0.15, 0.2) is 36.9 Å². The number of hydrogen-bond acceptors (Lipinski definition) is 3. The van der Waals surface area contributed by atoms with Gasteiger partial charge in [0.2, 0.25) is 0 Å². The van der Waals surface area contributed by atoms with Gasteiger partial charge >= 0.3 is 0 Å². The minimum Gasteiger partial charge on any atom is -0.326 e. The number of nitrogens with two attached hydrogens (primary N) is 1. The molecule has 0 amide bonds. The van der Waals surface area contributed by atoms with Gasteiger partial charge < -0.3 is 5.73 Å². The summed E-state index contributed by atoms with van der Waals surface area (Å²) in [5, 5.41) is 4.80. The van der Waals surface area contributed by atoms with E-state index in [0.717, 1.165) is 5.56 Å². The minimum absolute atomic E-state index is 0.0406. The van der Waals surface area contributed by atoms with E-state index >= 15 is 0 Å². The molecule has 4 nitrogen and oxygen atoms in total. The molecule has 0 saturated heterocycles. The SMILES string of the molecule is CC(N)C(c1cccnc1)n1cc(Cl)cn1. The molecule has 2 N–H and O–H groups in total. The first-order valence-corrected chi connectivity index (χ1v) is 5.41. The fraction of sp³-hybridized carbons (Fsp3) is 0.273. The molecule has 84 valence electrons. The van der Waals surface area contributed by atoms with Crippen LogP contribution in [0.4, 0.5) is 0 Å². The van der Waals surface area contributed by atoms with E-state index in [2.05, 4.69) is 10.1 Å². The Morgan fingerprint density at radius 1 is 1.44 bits per heavy atom. The van der Waals surface area contributed by atoms with E-state index in [4.69, 9.17) is 17.3 Å². The molecule has 16 heavy (non-hydrogen) atoms. The molecule has 2 aromatic rings. The first-order valence-electron chi connectivity index (χ1n) is 5.03. The topological polar surface area (TPSA) is 56.7 Å². The third kappa shape index (κ3) is 2.23. The van der Waals surface area contributed by atoms with Crippen LogP contribution >= 0.6 is 11.6 Å². The van der Waals surface area contributed by atoms with Crippen molar-refractivity contribution in [2.24, 2.45) is 5.73 Å². The van der Waals surface area contributed by atoms with Crippen LogP contribution in [0.3, 0.4) is 0 Å². The second-order valence-corrected chi connectivity index (χ2v) is 4.17. The van der Waals surface area contributed by atoms with Crippen molar-refractivity contribution in [3.05, 3.63) is 47.5 Å². The Morgan fingerprint density at radius 2 is 2.25 bits per heavy atom. The molecule has 0 aliphatic heterocycles. The molecule has 0 spiro atoms. The summed E-state index contributed by atoms with van der Waals surface area (Å²) in [6.45, 7) is 1.94. The van der Waals surface area contributed by atoms with E-state index in [1.807, 2.05) is 19.1 Å². The van der Waals surface area contributed by atoms with Crippen LogP contribution in [0.1, 0.15) is 18.5 Å². The fourth-order valence-corrected chi connectivity index (χ4v) is 1.86. The average Bonchev–Trinajstić information content (AvgIpc) is 2.66. The maximum atomic E-state index is 5.98. The zero-order chi connectivity index (χ0) is 11.5. The van der Waals surface area contributed by atoms with Crippen molar-refractivity contribution in [1.82, 2.24) is 14.8 Å². The summed E-state index contributed by atoms with van der Waals surface area (Å²) in [5.74, 6) is 0. The first-order chi connectivity index (χ1) is 7.68. The van der Waals surface area contributed by atoms with Gasteiger partial charge in [-0.3, -0.25) is 9.67 Å². The van der Waals surface area contributed by atoms with Gasteiger partial charge in [0, 0.05) is 24.6 Å². The zero-order valence-corrected chi connectivity index (χ0v) is 9.67. The summed E-state index contributed by atoms with van der Waals surface area (Å²) >= 11 is 5.86. The highest BCUT2D eigenvalue weighted by Crippen LogP contribution is 2.21. The van der Waals surface area contributed by atoms with Gasteiger partial charge in [-0.2, -0.15) is 5.10 Å². The van der Waals surface area contributed by atoms with Crippen molar-refractivity contribution in [3.8, 4) is 0 Å². The second-order valence-electron chi connectivity index (χ2n) is 3.73. The fourth-order valence-electron chi connectivity index (χ4n) is 1.72. The van der Waals surface area contributed by atoms with Crippen molar-refractivity contribution in [3.63, 3.8) is 0 Å². The van der Waals surface area contributed by atoms with E-state index in [1.54, 1.807) is 29.5 Å². The van der Waals surface area contributed by atoms with Crippen molar-refractivity contribution in [2.45, 2.75) is 19.0 Å². The van der Waals surface area contributed by atoms with E-state index in [1.165, 1.54) is 0 Å². The van der Waals surface area contributed by atoms with Gasteiger partial charge in [0.25, 0.3) is 0 Å². The quantitative estimate of drug-likeness (QED) is 0.885. The molecular formula is C11H13ClN4. The molecule has 2 heterocycles. The predicted octanol–water partition coefficient (Wildman–Crippen LogP) is 1.87. The van der Waals surface area contributed by atoms with Gasteiger partial charge in [-0.15, -0.1) is 0 Å². The lowest BCUT2D eigenvalue weighted by Gasteiger charge is -2.21. The van der Waals surface area contributed by atoms with Crippen LogP contribution in [0.5, 0.6) is 0 Å². The molecule has 2 rings (SSSR count). The minimum atomic E-state index is -0.0693. The Kier molecular flexibility index (Phi) is 3.22. The Hall–Kier alpha value is -1.39. The summed E-state index contributed by atoms with van der Waals surface area (Å²) in [5.41, 5.74) is 7.00. The number of halogens is 1. The van der Waals surface area contributed by atoms with Gasteiger partial charge in [-0.05, 0) is 18.6 Å². The molecular weight excluding hydrogens is 224 g/mol. The number of rotatable bonds is 3. The lowest BCUT2D eigenvalue weighted by Crippen LogP contribution is -2.30. The number of aromatic nitrogens is 3. The Bertz CT molecular complexity index is 452. The van der Waals surface area contributed by atoms with Gasteiger partial charge in [-0.1, -0.05) is 17.7 Å². The first kappa shape index (κ1) is 11.1. The van der Waals surface area contributed by atoms with Crippen LogP contribution in [-0.4, -0.2) is 20.8 Å². The zero-order valence-electron chi connectivity index (χ0n) is 8.92. The molecule has 2 unspecified atom stereocenters. The molecule has 0 aliphatic rings. The van der Waals surface area contributed by atoms with Crippen molar-refractivity contribution < 1.29 is 0 Å². The third-order valence-corrected chi connectivity index (χ3v) is 2.57. The highest BCUT2D eigenvalue weighted by Gasteiger charge is 2.19. The van der Waals surface area contributed by atoms with E-state index < -0.39 is 0 Å². The summed E-state index contributed by atoms with van der Waals surface area (Å²) < 4.78 is 1.77.